The average molecular weight is 264 g/mol. The molecule has 0 saturated carbocycles. The number of aromatic nitrogens is 1. The van der Waals surface area contributed by atoms with Gasteiger partial charge in [-0.1, -0.05) is 0 Å². The Bertz CT molecular complexity index is 407. The maximum atomic E-state index is 13.4. The van der Waals surface area contributed by atoms with E-state index in [9.17, 15) is 8.78 Å². The Morgan fingerprint density at radius 1 is 1.11 bits per heavy atom. The first-order chi connectivity index (χ1) is 8.51. The molecule has 0 aliphatic rings. The Morgan fingerprint density at radius 2 is 1.61 bits per heavy atom. The van der Waals surface area contributed by atoms with E-state index in [0.717, 1.165) is 0 Å². The molecule has 0 saturated heterocycles. The van der Waals surface area contributed by atoms with E-state index < -0.39 is 48.6 Å². The average Bonchev–Trinajstić information content (AvgIpc) is 2.38. The molecule has 1 aromatic rings. The zero-order valence-electron chi connectivity index (χ0n) is 9.32. The number of hydrogen-bond donors (Lipinski definition) is 6. The number of rotatable bonds is 6. The summed E-state index contributed by atoms with van der Waals surface area (Å²) in [6, 6.07) is 0.529. The van der Waals surface area contributed by atoms with E-state index in [1.165, 1.54) is 0 Å². The largest absolute Gasteiger partial charge is 0.394 e. The first kappa shape index (κ1) is 14.5. The molecular formula is C9H14F2N4O3. The van der Waals surface area contributed by atoms with Crippen molar-refractivity contribution in [2.24, 2.45) is 5.84 Å². The van der Waals surface area contributed by atoms with E-state index in [1.54, 1.807) is 0 Å². The van der Waals surface area contributed by atoms with Crippen LogP contribution >= 0.6 is 0 Å². The molecule has 102 valence electrons. The fraction of sp³-hybridized carbons (Fsp3) is 0.444. The van der Waals surface area contributed by atoms with Gasteiger partial charge in [0, 0.05) is 6.07 Å². The van der Waals surface area contributed by atoms with Gasteiger partial charge in [-0.3, -0.25) is 0 Å². The molecule has 0 aromatic carbocycles. The lowest BCUT2D eigenvalue weighted by Gasteiger charge is -2.29. The van der Waals surface area contributed by atoms with Gasteiger partial charge < -0.3 is 26.1 Å². The predicted octanol–water partition coefficient (Wildman–Crippen LogP) is -1.23. The number of aliphatic hydroxyl groups excluding tert-OH is 3. The van der Waals surface area contributed by atoms with Gasteiger partial charge in [-0.05, 0) is 0 Å². The monoisotopic (exact) mass is 264 g/mol. The lowest BCUT2D eigenvalue weighted by molar-refractivity contribution is 0.0828. The second-order valence-corrected chi connectivity index (χ2v) is 3.67. The Balaban J connectivity index is 3.10. The van der Waals surface area contributed by atoms with E-state index in [1.807, 2.05) is 5.43 Å². The van der Waals surface area contributed by atoms with Crippen molar-refractivity contribution in [3.05, 3.63) is 17.7 Å². The molecule has 0 spiro atoms. The van der Waals surface area contributed by atoms with Gasteiger partial charge in [-0.2, -0.15) is 0 Å². The van der Waals surface area contributed by atoms with Gasteiger partial charge >= 0.3 is 0 Å². The smallest absolute Gasteiger partial charge is 0.178 e. The zero-order chi connectivity index (χ0) is 13.8. The van der Waals surface area contributed by atoms with E-state index >= 15 is 0 Å². The summed E-state index contributed by atoms with van der Waals surface area (Å²) >= 11 is 0. The Hall–Kier alpha value is -1.55. The van der Waals surface area contributed by atoms with Gasteiger partial charge in [-0.15, -0.1) is 0 Å². The summed E-state index contributed by atoms with van der Waals surface area (Å²) in [6.07, 6.45) is 0. The highest BCUT2D eigenvalue weighted by atomic mass is 19.1. The number of halogens is 2. The van der Waals surface area contributed by atoms with E-state index in [4.69, 9.17) is 21.2 Å². The molecule has 9 heteroatoms. The SMILES string of the molecule is NNc1nc(NC(CO)(CO)CO)c(F)cc1F. The minimum absolute atomic E-state index is 0.415. The van der Waals surface area contributed by atoms with Gasteiger partial charge in [-0.25, -0.2) is 19.6 Å². The molecule has 0 aliphatic carbocycles. The number of pyridine rings is 1. The van der Waals surface area contributed by atoms with Gasteiger partial charge in [0.05, 0.1) is 19.8 Å². The summed E-state index contributed by atoms with van der Waals surface area (Å²) in [5.74, 6) is 2.06. The van der Waals surface area contributed by atoms with Crippen LogP contribution in [-0.4, -0.2) is 45.7 Å². The van der Waals surface area contributed by atoms with Crippen molar-refractivity contribution in [1.29, 1.82) is 0 Å². The molecule has 1 rings (SSSR count). The molecule has 0 fully saturated rings. The van der Waals surface area contributed by atoms with Gasteiger partial charge in [0.1, 0.15) is 5.54 Å². The summed E-state index contributed by atoms with van der Waals surface area (Å²) < 4.78 is 26.5. The highest BCUT2D eigenvalue weighted by Crippen LogP contribution is 2.21. The number of nitrogen functional groups attached to an aromatic ring is 1. The first-order valence-electron chi connectivity index (χ1n) is 4.95. The molecule has 0 radical (unpaired) electrons. The number of nitrogens with zero attached hydrogens (tertiary/aromatic N) is 1. The van der Waals surface area contributed by atoms with Crippen molar-refractivity contribution in [3.63, 3.8) is 0 Å². The van der Waals surface area contributed by atoms with Crippen LogP contribution in [-0.2, 0) is 0 Å². The molecule has 0 atom stereocenters. The molecular weight excluding hydrogens is 250 g/mol. The van der Waals surface area contributed by atoms with Crippen LogP contribution in [0.25, 0.3) is 0 Å². The molecule has 0 bridgehead atoms. The molecule has 7 nitrogen and oxygen atoms in total. The van der Waals surface area contributed by atoms with E-state index in [2.05, 4.69) is 10.3 Å². The van der Waals surface area contributed by atoms with Crippen LogP contribution in [0.2, 0.25) is 0 Å². The fourth-order valence-electron chi connectivity index (χ4n) is 1.18. The highest BCUT2D eigenvalue weighted by Gasteiger charge is 2.29. The quantitative estimate of drug-likeness (QED) is 0.281. The van der Waals surface area contributed by atoms with Crippen LogP contribution in [0.4, 0.5) is 20.4 Å². The van der Waals surface area contributed by atoms with Crippen molar-refractivity contribution in [2.75, 3.05) is 30.6 Å². The van der Waals surface area contributed by atoms with Crippen molar-refractivity contribution in [1.82, 2.24) is 4.98 Å². The summed E-state index contributed by atoms with van der Waals surface area (Å²) in [4.78, 5) is 3.49. The summed E-state index contributed by atoms with van der Waals surface area (Å²) in [7, 11) is 0. The first-order valence-corrected chi connectivity index (χ1v) is 4.95. The topological polar surface area (TPSA) is 124 Å². The zero-order valence-corrected chi connectivity index (χ0v) is 9.32. The van der Waals surface area contributed by atoms with Crippen LogP contribution in [0.15, 0.2) is 6.07 Å². The summed E-state index contributed by atoms with van der Waals surface area (Å²) in [5.41, 5.74) is 0.351. The second kappa shape index (κ2) is 5.87. The Morgan fingerprint density at radius 3 is 2.06 bits per heavy atom. The molecule has 0 unspecified atom stereocenters. The third kappa shape index (κ3) is 2.82. The molecule has 1 heterocycles. The van der Waals surface area contributed by atoms with Crippen LogP contribution in [0.3, 0.4) is 0 Å². The number of aliphatic hydroxyl groups is 3. The second-order valence-electron chi connectivity index (χ2n) is 3.67. The van der Waals surface area contributed by atoms with Crippen LogP contribution in [0, 0.1) is 11.6 Å². The predicted molar refractivity (Wildman–Crippen MR) is 59.6 cm³/mol. The number of nitrogens with two attached hydrogens (primary N) is 1. The van der Waals surface area contributed by atoms with Crippen molar-refractivity contribution >= 4 is 11.6 Å². The van der Waals surface area contributed by atoms with Crippen molar-refractivity contribution in [3.8, 4) is 0 Å². The molecule has 0 amide bonds. The van der Waals surface area contributed by atoms with Crippen LogP contribution < -0.4 is 16.6 Å². The van der Waals surface area contributed by atoms with Gasteiger partial charge in [0.25, 0.3) is 0 Å². The lowest BCUT2D eigenvalue weighted by Crippen LogP contribution is -2.49. The Labute approximate surface area is 101 Å². The van der Waals surface area contributed by atoms with Crippen molar-refractivity contribution < 1.29 is 24.1 Å². The van der Waals surface area contributed by atoms with Crippen LogP contribution in [0.5, 0.6) is 0 Å². The standard InChI is InChI=1S/C9H14F2N4O3/c10-5-1-6(11)8(15-12)13-7(5)14-9(2-16,3-17)4-18/h1,16-18H,2-4,12H2,(H2,13,14,15). The third-order valence-electron chi connectivity index (χ3n) is 2.36. The van der Waals surface area contributed by atoms with E-state index in [-0.39, 0.29) is 0 Å². The molecule has 7 N–H and O–H groups in total. The summed E-state index contributed by atoms with van der Waals surface area (Å²) in [5, 5.41) is 29.5. The maximum Gasteiger partial charge on any atom is 0.178 e. The molecule has 1 aromatic heterocycles. The number of nitrogens with one attached hydrogen (secondary N) is 2. The van der Waals surface area contributed by atoms with Gasteiger partial charge in [0.15, 0.2) is 23.3 Å². The normalized spacial score (nSPS) is 11.4. The lowest BCUT2D eigenvalue weighted by atomic mass is 10.0. The number of hydrogen-bond acceptors (Lipinski definition) is 7. The fourth-order valence-corrected chi connectivity index (χ4v) is 1.18. The number of hydrazine groups is 1. The minimum Gasteiger partial charge on any atom is -0.394 e. The third-order valence-corrected chi connectivity index (χ3v) is 2.36. The maximum absolute atomic E-state index is 13.4. The summed E-state index contributed by atoms with van der Waals surface area (Å²) in [6.45, 7) is -2.03. The molecule has 0 aliphatic heterocycles. The van der Waals surface area contributed by atoms with Gasteiger partial charge in [0.2, 0.25) is 0 Å². The molecule has 18 heavy (non-hydrogen) atoms. The Kier molecular flexibility index (Phi) is 4.73. The minimum atomic E-state index is -1.57. The van der Waals surface area contributed by atoms with E-state index in [0.29, 0.717) is 6.07 Å². The number of anilines is 2. The van der Waals surface area contributed by atoms with Crippen molar-refractivity contribution in [2.45, 2.75) is 5.54 Å². The van der Waals surface area contributed by atoms with Crippen LogP contribution in [0.1, 0.15) is 0 Å². The highest BCUT2D eigenvalue weighted by molar-refractivity contribution is 5.48.